The molecule has 0 atom stereocenters. The molecular formula is C28H36ClFN6O2S. The molecule has 0 unspecified atom stereocenters. The topological polar surface area (TPSA) is 80.8 Å². The molecule has 210 valence electrons. The van der Waals surface area contributed by atoms with E-state index in [0.29, 0.717) is 26.2 Å². The van der Waals surface area contributed by atoms with Crippen LogP contribution in [0.5, 0.6) is 0 Å². The molecule has 11 heteroatoms. The van der Waals surface area contributed by atoms with Crippen molar-refractivity contribution < 1.29 is 14.0 Å². The second-order valence-electron chi connectivity index (χ2n) is 9.48. The van der Waals surface area contributed by atoms with Crippen molar-refractivity contribution in [2.45, 2.75) is 33.9 Å². The molecule has 3 aromatic rings. The predicted molar refractivity (Wildman–Crippen MR) is 156 cm³/mol. The quantitative estimate of drug-likeness (QED) is 0.334. The van der Waals surface area contributed by atoms with E-state index in [1.165, 1.54) is 12.1 Å². The van der Waals surface area contributed by atoms with Crippen molar-refractivity contribution in [3.8, 4) is 10.6 Å². The summed E-state index contributed by atoms with van der Waals surface area (Å²) >= 11 is 1.65. The molecule has 1 aromatic heterocycles. The molecule has 0 radical (unpaired) electrons. The standard InChI is InChI=1S/C28H35FN6O2S.ClH/c1-5-30-10-11-34(18-27(37)33(4)35-16-22-6-8-24(29)13-23(22)17-35)26(36)15-31-25-9-7-21(12-19(25)2)28-32-14-20(3)38-28;/h6-9,12-14,30-31H,5,10-11,15-18H2,1-4H3;1H. The van der Waals surface area contributed by atoms with Gasteiger partial charge in [0.05, 0.1) is 6.54 Å². The van der Waals surface area contributed by atoms with Gasteiger partial charge in [-0.2, -0.15) is 0 Å². The van der Waals surface area contributed by atoms with Crippen molar-refractivity contribution in [2.24, 2.45) is 0 Å². The van der Waals surface area contributed by atoms with Gasteiger partial charge in [-0.25, -0.2) is 14.4 Å². The molecular weight excluding hydrogens is 539 g/mol. The van der Waals surface area contributed by atoms with Crippen molar-refractivity contribution in [1.82, 2.24) is 25.2 Å². The molecule has 0 fully saturated rings. The third-order valence-electron chi connectivity index (χ3n) is 6.67. The molecule has 2 N–H and O–H groups in total. The number of hydrazine groups is 1. The van der Waals surface area contributed by atoms with E-state index in [4.69, 9.17) is 0 Å². The third kappa shape index (κ3) is 7.76. The number of thiazole rings is 1. The number of amides is 2. The fourth-order valence-electron chi connectivity index (χ4n) is 4.43. The Labute approximate surface area is 239 Å². The first-order valence-electron chi connectivity index (χ1n) is 12.8. The van der Waals surface area contributed by atoms with Crippen LogP contribution in [0.1, 0.15) is 28.5 Å². The summed E-state index contributed by atoms with van der Waals surface area (Å²) in [5.74, 6) is -0.631. The molecule has 0 bridgehead atoms. The van der Waals surface area contributed by atoms with E-state index in [2.05, 4.69) is 21.7 Å². The Morgan fingerprint density at radius 1 is 1.10 bits per heavy atom. The van der Waals surface area contributed by atoms with Crippen LogP contribution in [0.3, 0.4) is 0 Å². The zero-order chi connectivity index (χ0) is 27.2. The number of fused-ring (bicyclic) bond motifs is 1. The minimum atomic E-state index is -0.282. The van der Waals surface area contributed by atoms with Gasteiger partial charge in [0.1, 0.15) is 17.4 Å². The summed E-state index contributed by atoms with van der Waals surface area (Å²) in [6, 6.07) is 10.7. The maximum Gasteiger partial charge on any atom is 0.256 e. The number of nitrogens with zero attached hydrogens (tertiary/aromatic N) is 4. The predicted octanol–water partition coefficient (Wildman–Crippen LogP) is 4.23. The Bertz CT molecular complexity index is 1300. The van der Waals surface area contributed by atoms with Gasteiger partial charge in [-0.1, -0.05) is 13.0 Å². The Morgan fingerprint density at radius 2 is 1.87 bits per heavy atom. The summed E-state index contributed by atoms with van der Waals surface area (Å²) in [5, 5.41) is 10.8. The van der Waals surface area contributed by atoms with Gasteiger partial charge < -0.3 is 15.5 Å². The molecule has 0 spiro atoms. The lowest BCUT2D eigenvalue weighted by Gasteiger charge is -2.31. The van der Waals surface area contributed by atoms with Crippen LogP contribution in [0.4, 0.5) is 10.1 Å². The Balaban J connectivity index is 0.00000420. The molecule has 8 nitrogen and oxygen atoms in total. The van der Waals surface area contributed by atoms with Gasteiger partial charge in [-0.3, -0.25) is 14.6 Å². The molecule has 0 saturated carbocycles. The lowest BCUT2D eigenvalue weighted by molar-refractivity contribution is -0.151. The number of carbonyl (C=O) groups is 2. The first-order valence-corrected chi connectivity index (χ1v) is 13.6. The van der Waals surface area contributed by atoms with Crippen molar-refractivity contribution in [3.05, 3.63) is 70.0 Å². The molecule has 39 heavy (non-hydrogen) atoms. The smallest absolute Gasteiger partial charge is 0.256 e. The van der Waals surface area contributed by atoms with Crippen LogP contribution in [0.15, 0.2) is 42.6 Å². The number of aromatic nitrogens is 1. The third-order valence-corrected chi connectivity index (χ3v) is 7.63. The summed E-state index contributed by atoms with van der Waals surface area (Å²) in [7, 11) is 1.70. The van der Waals surface area contributed by atoms with Crippen molar-refractivity contribution >= 4 is 41.2 Å². The SMILES string of the molecule is CCNCCN(CC(=O)N(C)N1Cc2ccc(F)cc2C1)C(=O)CNc1ccc(-c2ncc(C)s2)cc1C.Cl. The number of rotatable bonds is 11. The van der Waals surface area contributed by atoms with Gasteiger partial charge in [-0.15, -0.1) is 23.7 Å². The molecule has 2 amide bonds. The highest BCUT2D eigenvalue weighted by Crippen LogP contribution is 2.28. The number of carbonyl (C=O) groups excluding carboxylic acids is 2. The van der Waals surface area contributed by atoms with E-state index in [-0.39, 0.29) is 43.1 Å². The van der Waals surface area contributed by atoms with Gasteiger partial charge >= 0.3 is 0 Å². The van der Waals surface area contributed by atoms with E-state index in [0.717, 1.165) is 44.4 Å². The van der Waals surface area contributed by atoms with Gasteiger partial charge in [0, 0.05) is 55.6 Å². The summed E-state index contributed by atoms with van der Waals surface area (Å²) in [6.07, 6.45) is 1.86. The second-order valence-corrected chi connectivity index (χ2v) is 10.7. The van der Waals surface area contributed by atoms with Crippen LogP contribution in [0.25, 0.3) is 10.6 Å². The van der Waals surface area contributed by atoms with Crippen LogP contribution in [-0.4, -0.2) is 71.5 Å². The van der Waals surface area contributed by atoms with Crippen LogP contribution >= 0.6 is 23.7 Å². The molecule has 4 rings (SSSR count). The summed E-state index contributed by atoms with van der Waals surface area (Å²) < 4.78 is 13.6. The fraction of sp³-hybridized carbons (Fsp3) is 0.393. The van der Waals surface area contributed by atoms with E-state index in [1.807, 2.05) is 44.1 Å². The van der Waals surface area contributed by atoms with E-state index in [9.17, 15) is 14.0 Å². The number of hydrogen-bond donors (Lipinski definition) is 2. The van der Waals surface area contributed by atoms with E-state index >= 15 is 0 Å². The number of likely N-dealkylation sites (N-methyl/N-ethyl adjacent to an activating group) is 2. The minimum Gasteiger partial charge on any atom is -0.376 e. The van der Waals surface area contributed by atoms with Crippen molar-refractivity contribution in [3.63, 3.8) is 0 Å². The highest BCUT2D eigenvalue weighted by atomic mass is 35.5. The fourth-order valence-corrected chi connectivity index (χ4v) is 5.19. The summed E-state index contributed by atoms with van der Waals surface area (Å²) in [5.41, 5.74) is 4.81. The lowest BCUT2D eigenvalue weighted by atomic mass is 10.1. The first kappa shape index (κ1) is 30.5. The van der Waals surface area contributed by atoms with Gasteiger partial charge in [0.2, 0.25) is 5.91 Å². The minimum absolute atomic E-state index is 0. The molecule has 0 aliphatic carbocycles. The highest BCUT2D eigenvalue weighted by molar-refractivity contribution is 7.14. The van der Waals surface area contributed by atoms with Crippen LogP contribution in [0, 0.1) is 19.7 Å². The average molecular weight is 575 g/mol. The summed E-state index contributed by atoms with van der Waals surface area (Å²) in [6.45, 7) is 8.84. The first-order chi connectivity index (χ1) is 18.2. The second kappa shape index (κ2) is 13.8. The largest absolute Gasteiger partial charge is 0.376 e. The van der Waals surface area contributed by atoms with Crippen LogP contribution in [0.2, 0.25) is 0 Å². The molecule has 0 saturated heterocycles. The maximum atomic E-state index is 13.6. The zero-order valence-corrected chi connectivity index (χ0v) is 24.4. The van der Waals surface area contributed by atoms with Crippen molar-refractivity contribution in [1.29, 1.82) is 0 Å². The van der Waals surface area contributed by atoms with Gasteiger partial charge in [0.25, 0.3) is 5.91 Å². The highest BCUT2D eigenvalue weighted by Gasteiger charge is 2.27. The zero-order valence-electron chi connectivity index (χ0n) is 22.8. The van der Waals surface area contributed by atoms with Crippen LogP contribution in [-0.2, 0) is 22.7 Å². The number of anilines is 1. The Kier molecular flexibility index (Phi) is 10.8. The van der Waals surface area contributed by atoms with E-state index in [1.54, 1.807) is 34.4 Å². The number of hydrogen-bond acceptors (Lipinski definition) is 7. The van der Waals surface area contributed by atoms with Gasteiger partial charge in [-0.05, 0) is 67.4 Å². The number of nitrogens with one attached hydrogen (secondary N) is 2. The van der Waals surface area contributed by atoms with E-state index < -0.39 is 0 Å². The number of benzene rings is 2. The van der Waals surface area contributed by atoms with Crippen molar-refractivity contribution in [2.75, 3.05) is 45.1 Å². The lowest BCUT2D eigenvalue weighted by Crippen LogP contribution is -2.49. The molecule has 1 aliphatic heterocycles. The monoisotopic (exact) mass is 574 g/mol. The molecule has 2 aromatic carbocycles. The number of halogens is 2. The van der Waals surface area contributed by atoms with Gasteiger partial charge in [0.15, 0.2) is 0 Å². The van der Waals surface area contributed by atoms with Crippen LogP contribution < -0.4 is 10.6 Å². The normalized spacial score (nSPS) is 12.5. The number of aryl methyl sites for hydroxylation is 2. The maximum absolute atomic E-state index is 13.6. The average Bonchev–Trinajstić information content (AvgIpc) is 3.52. The summed E-state index contributed by atoms with van der Waals surface area (Å²) in [4.78, 5) is 33.6. The Hall–Kier alpha value is -3.05. The molecule has 2 heterocycles. The molecule has 1 aliphatic rings. The Morgan fingerprint density at radius 3 is 2.56 bits per heavy atom.